The number of nitrogens with zero attached hydrogens (tertiary/aromatic N) is 3. The van der Waals surface area contributed by atoms with Gasteiger partial charge in [0.1, 0.15) is 3.70 Å². The van der Waals surface area contributed by atoms with Crippen LogP contribution in [-0.4, -0.2) is 60.2 Å². The highest BCUT2D eigenvalue weighted by Gasteiger charge is 2.32. The largest absolute Gasteiger partial charge is 0.379 e. The second kappa shape index (κ2) is 6.14. The summed E-state index contributed by atoms with van der Waals surface area (Å²) in [5.74, 6) is 0.652. The van der Waals surface area contributed by atoms with Crippen molar-refractivity contribution in [2.24, 2.45) is 0 Å². The molecule has 3 fully saturated rings. The van der Waals surface area contributed by atoms with E-state index in [2.05, 4.69) is 38.2 Å². The Morgan fingerprint density at radius 3 is 2.43 bits per heavy atom. The second-order valence-electron chi connectivity index (χ2n) is 6.36. The van der Waals surface area contributed by atoms with Crippen LogP contribution >= 0.6 is 22.6 Å². The third kappa shape index (κ3) is 2.87. The normalized spacial score (nSPS) is 28.9. The van der Waals surface area contributed by atoms with Gasteiger partial charge in [-0.2, -0.15) is 5.10 Å². The van der Waals surface area contributed by atoms with Crippen molar-refractivity contribution in [3.63, 3.8) is 0 Å². The van der Waals surface area contributed by atoms with Crippen LogP contribution in [0.4, 0.5) is 0 Å². The lowest BCUT2D eigenvalue weighted by Gasteiger charge is -2.41. The van der Waals surface area contributed by atoms with E-state index >= 15 is 0 Å². The first kappa shape index (κ1) is 14.4. The van der Waals surface area contributed by atoms with Crippen LogP contribution in [0.3, 0.4) is 0 Å². The zero-order valence-electron chi connectivity index (χ0n) is 12.2. The number of ether oxygens (including phenoxy) is 2. The van der Waals surface area contributed by atoms with Gasteiger partial charge in [-0.1, -0.05) is 0 Å². The van der Waals surface area contributed by atoms with E-state index in [4.69, 9.17) is 14.6 Å². The van der Waals surface area contributed by atoms with Gasteiger partial charge in [0.05, 0.1) is 31.9 Å². The molecule has 1 unspecified atom stereocenters. The van der Waals surface area contributed by atoms with E-state index in [0.29, 0.717) is 18.0 Å². The summed E-state index contributed by atoms with van der Waals surface area (Å²) in [5.41, 5.74) is 1.43. The molecule has 1 atom stereocenters. The minimum absolute atomic E-state index is 0.446. The van der Waals surface area contributed by atoms with Crippen molar-refractivity contribution in [1.82, 2.24) is 14.7 Å². The molecule has 1 aromatic heterocycles. The van der Waals surface area contributed by atoms with Gasteiger partial charge in [0.2, 0.25) is 0 Å². The molecule has 5 nitrogen and oxygen atoms in total. The summed E-state index contributed by atoms with van der Waals surface area (Å²) in [5, 5.41) is 4.74. The zero-order valence-corrected chi connectivity index (χ0v) is 14.4. The van der Waals surface area contributed by atoms with E-state index in [1.165, 1.54) is 31.6 Å². The Balaban J connectivity index is 1.46. The highest BCUT2D eigenvalue weighted by atomic mass is 127. The van der Waals surface area contributed by atoms with Crippen LogP contribution in [0.25, 0.3) is 0 Å². The Hall–Kier alpha value is -0.180. The fourth-order valence-corrected chi connectivity index (χ4v) is 4.24. The first-order valence-corrected chi connectivity index (χ1v) is 9.03. The number of likely N-dealkylation sites (tertiary alicyclic amines) is 1. The molecule has 0 N–H and O–H groups in total. The van der Waals surface area contributed by atoms with Crippen LogP contribution in [-0.2, 0) is 9.47 Å². The zero-order chi connectivity index (χ0) is 14.2. The lowest BCUT2D eigenvalue weighted by atomic mass is 9.92. The Kier molecular flexibility index (Phi) is 4.21. The number of hydrogen-bond acceptors (Lipinski definition) is 4. The quantitative estimate of drug-likeness (QED) is 0.725. The number of rotatable bonds is 3. The molecule has 0 spiro atoms. The standard InChI is InChI=1S/C15H22IN3O2/c16-15-7-14(19(17-15)12-3-6-20-8-12)11-1-4-18(5-2-11)13-9-21-10-13/h7,11-13H,1-6,8-10H2. The molecule has 6 heteroatoms. The minimum atomic E-state index is 0.446. The Labute approximate surface area is 139 Å². The maximum Gasteiger partial charge on any atom is 0.123 e. The van der Waals surface area contributed by atoms with Crippen LogP contribution in [0.15, 0.2) is 6.07 Å². The smallest absolute Gasteiger partial charge is 0.123 e. The molecule has 0 bridgehead atoms. The minimum Gasteiger partial charge on any atom is -0.379 e. The van der Waals surface area contributed by atoms with Crippen molar-refractivity contribution >= 4 is 22.6 Å². The maximum absolute atomic E-state index is 5.55. The molecule has 0 radical (unpaired) electrons. The average Bonchev–Trinajstić information content (AvgIpc) is 3.06. The molecule has 0 aromatic carbocycles. The first-order valence-electron chi connectivity index (χ1n) is 7.96. The SMILES string of the molecule is Ic1cc(C2CCN(C3COC3)CC2)n(C2CCOC2)n1. The van der Waals surface area contributed by atoms with Crippen LogP contribution < -0.4 is 0 Å². The predicted molar refractivity (Wildman–Crippen MR) is 87.6 cm³/mol. The van der Waals surface area contributed by atoms with Crippen LogP contribution in [0.5, 0.6) is 0 Å². The molecule has 1 aromatic rings. The van der Waals surface area contributed by atoms with Crippen LogP contribution in [0.1, 0.15) is 36.9 Å². The van der Waals surface area contributed by atoms with Gasteiger partial charge in [-0.25, -0.2) is 0 Å². The van der Waals surface area contributed by atoms with Crippen LogP contribution in [0, 0.1) is 3.70 Å². The molecule has 4 rings (SSSR count). The highest BCUT2D eigenvalue weighted by Crippen LogP contribution is 2.33. The monoisotopic (exact) mass is 403 g/mol. The van der Waals surface area contributed by atoms with Gasteiger partial charge in [-0.3, -0.25) is 9.58 Å². The van der Waals surface area contributed by atoms with Gasteiger partial charge in [0.25, 0.3) is 0 Å². The Morgan fingerprint density at radius 1 is 1.05 bits per heavy atom. The van der Waals surface area contributed by atoms with E-state index in [1.807, 2.05) is 0 Å². The molecule has 21 heavy (non-hydrogen) atoms. The van der Waals surface area contributed by atoms with Crippen molar-refractivity contribution in [1.29, 1.82) is 0 Å². The van der Waals surface area contributed by atoms with Gasteiger partial charge in [-0.05, 0) is 61.0 Å². The molecular formula is C15H22IN3O2. The van der Waals surface area contributed by atoms with Gasteiger partial charge in [0, 0.05) is 18.2 Å². The molecule has 0 aliphatic carbocycles. The molecular weight excluding hydrogens is 381 g/mol. The average molecular weight is 403 g/mol. The Bertz CT molecular complexity index is 489. The Morgan fingerprint density at radius 2 is 1.81 bits per heavy atom. The number of aromatic nitrogens is 2. The summed E-state index contributed by atoms with van der Waals surface area (Å²) >= 11 is 2.34. The molecule has 0 saturated carbocycles. The molecule has 3 saturated heterocycles. The maximum atomic E-state index is 5.55. The topological polar surface area (TPSA) is 39.5 Å². The molecule has 3 aliphatic heterocycles. The summed E-state index contributed by atoms with van der Waals surface area (Å²) in [6.45, 7) is 5.95. The lowest BCUT2D eigenvalue weighted by molar-refractivity contribution is -0.0714. The summed E-state index contributed by atoms with van der Waals surface area (Å²) in [6, 6.07) is 3.41. The molecule has 0 amide bonds. The fourth-order valence-electron chi connectivity index (χ4n) is 3.68. The highest BCUT2D eigenvalue weighted by molar-refractivity contribution is 14.1. The van der Waals surface area contributed by atoms with Crippen molar-refractivity contribution in [3.8, 4) is 0 Å². The molecule has 4 heterocycles. The van der Waals surface area contributed by atoms with E-state index in [1.54, 1.807) is 0 Å². The fraction of sp³-hybridized carbons (Fsp3) is 0.800. The second-order valence-corrected chi connectivity index (χ2v) is 7.46. The van der Waals surface area contributed by atoms with Crippen molar-refractivity contribution in [2.75, 3.05) is 39.5 Å². The summed E-state index contributed by atoms with van der Waals surface area (Å²) in [4.78, 5) is 2.60. The summed E-state index contributed by atoms with van der Waals surface area (Å²) < 4.78 is 14.2. The third-order valence-corrected chi connectivity index (χ3v) is 5.60. The van der Waals surface area contributed by atoms with E-state index < -0.39 is 0 Å². The number of hydrogen-bond donors (Lipinski definition) is 0. The molecule has 116 valence electrons. The van der Waals surface area contributed by atoms with Crippen molar-refractivity contribution in [2.45, 2.75) is 37.3 Å². The van der Waals surface area contributed by atoms with Gasteiger partial charge >= 0.3 is 0 Å². The molecule has 3 aliphatic rings. The van der Waals surface area contributed by atoms with E-state index in [-0.39, 0.29) is 0 Å². The van der Waals surface area contributed by atoms with Crippen molar-refractivity contribution < 1.29 is 9.47 Å². The van der Waals surface area contributed by atoms with E-state index in [0.717, 1.165) is 36.5 Å². The first-order chi connectivity index (χ1) is 10.3. The summed E-state index contributed by atoms with van der Waals surface area (Å²) in [7, 11) is 0. The predicted octanol–water partition coefficient (Wildman–Crippen LogP) is 2.03. The summed E-state index contributed by atoms with van der Waals surface area (Å²) in [6.07, 6.45) is 3.58. The van der Waals surface area contributed by atoms with Gasteiger partial charge in [-0.15, -0.1) is 0 Å². The van der Waals surface area contributed by atoms with Crippen molar-refractivity contribution in [3.05, 3.63) is 15.5 Å². The third-order valence-electron chi connectivity index (χ3n) is 5.07. The lowest BCUT2D eigenvalue weighted by Crippen LogP contribution is -2.51. The number of piperidine rings is 1. The number of halogens is 1. The van der Waals surface area contributed by atoms with Gasteiger partial charge < -0.3 is 9.47 Å². The van der Waals surface area contributed by atoms with Gasteiger partial charge in [0.15, 0.2) is 0 Å². The van der Waals surface area contributed by atoms with E-state index in [9.17, 15) is 0 Å². The van der Waals surface area contributed by atoms with Crippen LogP contribution in [0.2, 0.25) is 0 Å².